The maximum atomic E-state index is 12.7. The Morgan fingerprint density at radius 3 is 2.15 bits per heavy atom. The summed E-state index contributed by atoms with van der Waals surface area (Å²) in [4.78, 5) is 17.2. The molecule has 0 saturated heterocycles. The van der Waals surface area contributed by atoms with Crippen molar-refractivity contribution < 1.29 is 13.2 Å². The Morgan fingerprint density at radius 1 is 0.923 bits per heavy atom. The van der Waals surface area contributed by atoms with Crippen LogP contribution in [0.25, 0.3) is 0 Å². The summed E-state index contributed by atoms with van der Waals surface area (Å²) in [6.45, 7) is 0. The number of hydrogen-bond acceptors (Lipinski definition) is 4. The monoisotopic (exact) mass is 366 g/mol. The maximum absolute atomic E-state index is 12.7. The predicted octanol–water partition coefficient (Wildman–Crippen LogP) is 3.00. The van der Waals surface area contributed by atoms with E-state index < -0.39 is 15.9 Å². The van der Waals surface area contributed by atoms with Gasteiger partial charge in [-0.25, -0.2) is 8.42 Å². The number of amides is 1. The number of nitrogens with one attached hydrogen (secondary N) is 1. The Morgan fingerprint density at radius 2 is 1.58 bits per heavy atom. The zero-order chi connectivity index (χ0) is 18.6. The van der Waals surface area contributed by atoms with Gasteiger partial charge in [0.05, 0.1) is 16.6 Å². The first kappa shape index (κ1) is 17.8. The normalized spacial score (nSPS) is 12.3. The van der Waals surface area contributed by atoms with E-state index in [9.17, 15) is 13.2 Å². The van der Waals surface area contributed by atoms with Gasteiger partial charge in [-0.2, -0.15) is 0 Å². The van der Waals surface area contributed by atoms with Gasteiger partial charge in [0.1, 0.15) is 0 Å². The van der Waals surface area contributed by atoms with Crippen LogP contribution in [0.1, 0.15) is 27.7 Å². The molecule has 132 valence electrons. The van der Waals surface area contributed by atoms with Crippen molar-refractivity contribution >= 4 is 15.7 Å². The molecule has 1 N–H and O–H groups in total. The van der Waals surface area contributed by atoms with Crippen molar-refractivity contribution in [2.45, 2.75) is 10.9 Å². The van der Waals surface area contributed by atoms with Crippen molar-refractivity contribution in [3.05, 3.63) is 95.8 Å². The van der Waals surface area contributed by atoms with Crippen LogP contribution in [0.5, 0.6) is 0 Å². The predicted molar refractivity (Wildman–Crippen MR) is 99.5 cm³/mol. The van der Waals surface area contributed by atoms with Gasteiger partial charge in [-0.15, -0.1) is 0 Å². The zero-order valence-electron chi connectivity index (χ0n) is 14.2. The highest BCUT2D eigenvalue weighted by molar-refractivity contribution is 7.90. The second-order valence-corrected chi connectivity index (χ2v) is 7.88. The molecule has 6 heteroatoms. The largest absolute Gasteiger partial charge is 0.340 e. The molecule has 0 radical (unpaired) electrons. The molecule has 1 heterocycles. The van der Waals surface area contributed by atoms with E-state index in [-0.39, 0.29) is 10.8 Å². The molecule has 26 heavy (non-hydrogen) atoms. The summed E-state index contributed by atoms with van der Waals surface area (Å²) in [5.74, 6) is -0.301. The average Bonchev–Trinajstić information content (AvgIpc) is 2.67. The van der Waals surface area contributed by atoms with Crippen molar-refractivity contribution in [1.82, 2.24) is 10.3 Å². The van der Waals surface area contributed by atoms with Gasteiger partial charge in [0, 0.05) is 18.0 Å². The number of rotatable bonds is 5. The van der Waals surface area contributed by atoms with E-state index in [1.54, 1.807) is 6.20 Å². The van der Waals surface area contributed by atoms with Crippen molar-refractivity contribution in [3.63, 3.8) is 0 Å². The van der Waals surface area contributed by atoms with E-state index in [1.807, 2.05) is 48.5 Å². The van der Waals surface area contributed by atoms with Crippen molar-refractivity contribution in [2.75, 3.05) is 6.26 Å². The third kappa shape index (κ3) is 4.15. The van der Waals surface area contributed by atoms with Crippen LogP contribution < -0.4 is 5.32 Å². The molecule has 1 aromatic heterocycles. The molecule has 1 amide bonds. The summed E-state index contributed by atoms with van der Waals surface area (Å²) in [6, 6.07) is 20.6. The van der Waals surface area contributed by atoms with Crippen LogP contribution in [-0.2, 0) is 9.84 Å². The third-order valence-electron chi connectivity index (χ3n) is 3.94. The molecule has 3 rings (SSSR count). The standard InChI is InChI=1S/C20H18N2O3S/c1-26(24,25)17-12-10-16(11-13-17)20(23)22-19(15-7-3-2-4-8-15)18-9-5-6-14-21-18/h2-14,19H,1H3,(H,22,23). The van der Waals surface area contributed by atoms with Crippen LogP contribution in [0.2, 0.25) is 0 Å². The van der Waals surface area contributed by atoms with Gasteiger partial charge in [-0.05, 0) is 42.0 Å². The van der Waals surface area contributed by atoms with Crippen LogP contribution in [0.15, 0.2) is 83.9 Å². The van der Waals surface area contributed by atoms with Gasteiger partial charge in [-0.1, -0.05) is 36.4 Å². The SMILES string of the molecule is CS(=O)(=O)c1ccc(C(=O)NC(c2ccccc2)c2ccccn2)cc1. The number of pyridine rings is 1. The summed E-state index contributed by atoms with van der Waals surface area (Å²) in [5, 5.41) is 2.97. The minimum absolute atomic E-state index is 0.179. The van der Waals surface area contributed by atoms with Crippen molar-refractivity contribution in [3.8, 4) is 0 Å². The zero-order valence-corrected chi connectivity index (χ0v) is 15.0. The summed E-state index contributed by atoms with van der Waals surface area (Å²) in [6.07, 6.45) is 2.81. The first-order valence-corrected chi connectivity index (χ1v) is 9.91. The molecular weight excluding hydrogens is 348 g/mol. The number of carbonyl (C=O) groups is 1. The molecule has 0 bridgehead atoms. The quantitative estimate of drug-likeness (QED) is 0.753. The fourth-order valence-corrected chi connectivity index (χ4v) is 3.22. The average molecular weight is 366 g/mol. The van der Waals surface area contributed by atoms with Gasteiger partial charge in [0.15, 0.2) is 9.84 Å². The van der Waals surface area contributed by atoms with Crippen LogP contribution in [0, 0.1) is 0 Å². The fourth-order valence-electron chi connectivity index (χ4n) is 2.59. The highest BCUT2D eigenvalue weighted by Crippen LogP contribution is 2.21. The molecule has 0 aliphatic heterocycles. The molecule has 3 aromatic rings. The number of sulfone groups is 1. The van der Waals surface area contributed by atoms with E-state index in [0.29, 0.717) is 5.56 Å². The maximum Gasteiger partial charge on any atom is 0.252 e. The highest BCUT2D eigenvalue weighted by atomic mass is 32.2. The summed E-state index contributed by atoms with van der Waals surface area (Å²) >= 11 is 0. The third-order valence-corrected chi connectivity index (χ3v) is 5.07. The molecule has 1 unspecified atom stereocenters. The molecule has 0 aliphatic rings. The summed E-state index contributed by atoms with van der Waals surface area (Å²) in [5.41, 5.74) is 2.02. The van der Waals surface area contributed by atoms with E-state index in [4.69, 9.17) is 0 Å². The minimum Gasteiger partial charge on any atom is -0.340 e. The molecule has 5 nitrogen and oxygen atoms in total. The Labute approximate surface area is 152 Å². The van der Waals surface area contributed by atoms with E-state index >= 15 is 0 Å². The number of carbonyl (C=O) groups excluding carboxylic acids is 1. The number of aromatic nitrogens is 1. The minimum atomic E-state index is -3.30. The fraction of sp³-hybridized carbons (Fsp3) is 0.100. The molecule has 0 spiro atoms. The molecule has 0 fully saturated rings. The second kappa shape index (κ2) is 7.49. The van der Waals surface area contributed by atoms with Gasteiger partial charge < -0.3 is 5.32 Å². The van der Waals surface area contributed by atoms with Crippen LogP contribution in [0.4, 0.5) is 0 Å². The van der Waals surface area contributed by atoms with Gasteiger partial charge in [0.2, 0.25) is 0 Å². The molecule has 0 saturated carbocycles. The van der Waals surface area contributed by atoms with E-state index in [1.165, 1.54) is 24.3 Å². The lowest BCUT2D eigenvalue weighted by Crippen LogP contribution is -2.29. The van der Waals surface area contributed by atoms with Crippen LogP contribution >= 0.6 is 0 Å². The number of hydrogen-bond donors (Lipinski definition) is 1. The van der Waals surface area contributed by atoms with Gasteiger partial charge in [-0.3, -0.25) is 9.78 Å². The van der Waals surface area contributed by atoms with Gasteiger partial charge in [0.25, 0.3) is 5.91 Å². The second-order valence-electron chi connectivity index (χ2n) is 5.87. The summed E-state index contributed by atoms with van der Waals surface area (Å²) in [7, 11) is -3.30. The van der Waals surface area contributed by atoms with Crippen molar-refractivity contribution in [1.29, 1.82) is 0 Å². The molecule has 1 atom stereocenters. The lowest BCUT2D eigenvalue weighted by molar-refractivity contribution is 0.0942. The van der Waals surface area contributed by atoms with Gasteiger partial charge >= 0.3 is 0 Å². The van der Waals surface area contributed by atoms with Crippen LogP contribution in [-0.4, -0.2) is 25.6 Å². The Kier molecular flexibility index (Phi) is 5.14. The first-order chi connectivity index (χ1) is 12.4. The van der Waals surface area contributed by atoms with E-state index in [0.717, 1.165) is 17.5 Å². The molecule has 2 aromatic carbocycles. The molecule has 0 aliphatic carbocycles. The Bertz CT molecular complexity index is 947. The lowest BCUT2D eigenvalue weighted by atomic mass is 10.0. The number of benzene rings is 2. The van der Waals surface area contributed by atoms with Crippen molar-refractivity contribution in [2.24, 2.45) is 0 Å². The Balaban J connectivity index is 1.88. The Hall–Kier alpha value is -2.99. The van der Waals surface area contributed by atoms with Crippen LogP contribution in [0.3, 0.4) is 0 Å². The molecular formula is C20H18N2O3S. The first-order valence-electron chi connectivity index (χ1n) is 8.02. The topological polar surface area (TPSA) is 76.1 Å². The smallest absolute Gasteiger partial charge is 0.252 e. The highest BCUT2D eigenvalue weighted by Gasteiger charge is 2.19. The van der Waals surface area contributed by atoms with E-state index in [2.05, 4.69) is 10.3 Å². The lowest BCUT2D eigenvalue weighted by Gasteiger charge is -2.19. The summed E-state index contributed by atoms with van der Waals surface area (Å²) < 4.78 is 23.1. The number of nitrogens with zero attached hydrogens (tertiary/aromatic N) is 1.